The van der Waals surface area contributed by atoms with E-state index in [9.17, 15) is 13.2 Å². The van der Waals surface area contributed by atoms with Crippen LogP contribution in [0, 0.1) is 0 Å². The van der Waals surface area contributed by atoms with Crippen molar-refractivity contribution in [3.63, 3.8) is 0 Å². The number of hydrogen-bond donors (Lipinski definition) is 0. The lowest BCUT2D eigenvalue weighted by molar-refractivity contribution is -0.262. The van der Waals surface area contributed by atoms with Crippen LogP contribution in [-0.2, 0) is 4.84 Å². The second-order valence-electron chi connectivity index (χ2n) is 2.88. The van der Waals surface area contributed by atoms with E-state index in [1.165, 1.54) is 5.06 Å². The molecule has 1 unspecified atom stereocenters. The molecular formula is C8H16F3NO. The van der Waals surface area contributed by atoms with Crippen molar-refractivity contribution in [2.24, 2.45) is 0 Å². The lowest BCUT2D eigenvalue weighted by Crippen LogP contribution is -2.35. The smallest absolute Gasteiger partial charge is 0.289 e. The Bertz CT molecular complexity index is 138. The lowest BCUT2D eigenvalue weighted by Gasteiger charge is -2.26. The summed E-state index contributed by atoms with van der Waals surface area (Å²) in [5.74, 6) is 0. The first-order valence-corrected chi connectivity index (χ1v) is 4.37. The van der Waals surface area contributed by atoms with Crippen molar-refractivity contribution >= 4 is 0 Å². The van der Waals surface area contributed by atoms with Crippen molar-refractivity contribution in [1.29, 1.82) is 0 Å². The summed E-state index contributed by atoms with van der Waals surface area (Å²) in [7, 11) is 0. The van der Waals surface area contributed by atoms with Gasteiger partial charge in [-0.15, -0.1) is 0 Å². The molecule has 0 spiro atoms. The number of nitrogens with zero attached hydrogens (tertiary/aromatic N) is 1. The Labute approximate surface area is 76.6 Å². The van der Waals surface area contributed by atoms with Crippen LogP contribution in [0.5, 0.6) is 0 Å². The Morgan fingerprint density at radius 3 is 2.15 bits per heavy atom. The van der Waals surface area contributed by atoms with Gasteiger partial charge in [0.25, 0.3) is 0 Å². The van der Waals surface area contributed by atoms with E-state index in [0.717, 1.165) is 6.42 Å². The van der Waals surface area contributed by atoms with Gasteiger partial charge in [0.2, 0.25) is 0 Å². The molecule has 0 aliphatic rings. The standard InChI is InChI=1S/C8H16F3NO/c1-4-7(3)12(5-2)13-6-8(9,10)11/h7H,4-6H2,1-3H3. The third kappa shape index (κ3) is 5.87. The quantitative estimate of drug-likeness (QED) is 0.631. The molecule has 13 heavy (non-hydrogen) atoms. The third-order valence-electron chi connectivity index (χ3n) is 1.79. The first-order valence-electron chi connectivity index (χ1n) is 4.37. The summed E-state index contributed by atoms with van der Waals surface area (Å²) in [6, 6.07) is 0.0207. The molecule has 0 heterocycles. The summed E-state index contributed by atoms with van der Waals surface area (Å²) in [6.07, 6.45) is -3.48. The highest BCUT2D eigenvalue weighted by atomic mass is 19.4. The number of alkyl halides is 3. The molecule has 0 fully saturated rings. The van der Waals surface area contributed by atoms with E-state index in [1.54, 1.807) is 6.92 Å². The first kappa shape index (κ1) is 12.7. The van der Waals surface area contributed by atoms with Gasteiger partial charge in [0, 0.05) is 12.6 Å². The van der Waals surface area contributed by atoms with E-state index in [0.29, 0.717) is 6.54 Å². The molecular weight excluding hydrogens is 183 g/mol. The predicted octanol–water partition coefficient (Wildman–Crippen LogP) is 2.60. The van der Waals surface area contributed by atoms with Crippen LogP contribution < -0.4 is 0 Å². The van der Waals surface area contributed by atoms with Crippen LogP contribution >= 0.6 is 0 Å². The van der Waals surface area contributed by atoms with E-state index in [1.807, 2.05) is 13.8 Å². The Hall–Kier alpha value is -0.290. The number of rotatable bonds is 5. The summed E-state index contributed by atoms with van der Waals surface area (Å²) in [6.45, 7) is 4.77. The normalized spacial score (nSPS) is 15.0. The maximum atomic E-state index is 11.8. The molecule has 0 aromatic heterocycles. The van der Waals surface area contributed by atoms with Gasteiger partial charge in [0.05, 0.1) is 0 Å². The highest BCUT2D eigenvalue weighted by Gasteiger charge is 2.29. The van der Waals surface area contributed by atoms with Crippen LogP contribution in [0.1, 0.15) is 27.2 Å². The second kappa shape index (κ2) is 5.44. The van der Waals surface area contributed by atoms with Crippen LogP contribution in [0.2, 0.25) is 0 Å². The van der Waals surface area contributed by atoms with Crippen LogP contribution in [0.3, 0.4) is 0 Å². The van der Waals surface area contributed by atoms with Gasteiger partial charge in [-0.05, 0) is 13.3 Å². The van der Waals surface area contributed by atoms with Crippen molar-refractivity contribution in [3.8, 4) is 0 Å². The van der Waals surface area contributed by atoms with Crippen molar-refractivity contribution in [2.75, 3.05) is 13.2 Å². The SMILES string of the molecule is CCC(C)N(CC)OCC(F)(F)F. The minimum atomic E-state index is -4.25. The Morgan fingerprint density at radius 2 is 1.85 bits per heavy atom. The molecule has 5 heteroatoms. The van der Waals surface area contributed by atoms with Gasteiger partial charge < -0.3 is 0 Å². The second-order valence-corrected chi connectivity index (χ2v) is 2.88. The van der Waals surface area contributed by atoms with Gasteiger partial charge in [0.1, 0.15) is 0 Å². The largest absolute Gasteiger partial charge is 0.413 e. The van der Waals surface area contributed by atoms with Crippen molar-refractivity contribution < 1.29 is 18.0 Å². The minimum Gasteiger partial charge on any atom is -0.289 e. The summed E-state index contributed by atoms with van der Waals surface area (Å²) < 4.78 is 35.3. The zero-order chi connectivity index (χ0) is 10.5. The van der Waals surface area contributed by atoms with Crippen LogP contribution in [0.15, 0.2) is 0 Å². The van der Waals surface area contributed by atoms with E-state index in [-0.39, 0.29) is 6.04 Å². The summed E-state index contributed by atoms with van der Waals surface area (Å²) in [5, 5.41) is 1.35. The fraction of sp³-hybridized carbons (Fsp3) is 1.00. The fourth-order valence-electron chi connectivity index (χ4n) is 0.890. The average Bonchev–Trinajstić information content (AvgIpc) is 2.03. The van der Waals surface area contributed by atoms with Gasteiger partial charge in [-0.25, -0.2) is 0 Å². The van der Waals surface area contributed by atoms with Crippen molar-refractivity contribution in [3.05, 3.63) is 0 Å². The fourth-order valence-corrected chi connectivity index (χ4v) is 0.890. The van der Waals surface area contributed by atoms with Gasteiger partial charge in [-0.3, -0.25) is 4.84 Å². The molecule has 0 aromatic rings. The van der Waals surface area contributed by atoms with Crippen molar-refractivity contribution in [2.45, 2.75) is 39.4 Å². The molecule has 1 atom stereocenters. The minimum absolute atomic E-state index is 0.0207. The molecule has 0 bridgehead atoms. The lowest BCUT2D eigenvalue weighted by atomic mass is 10.2. The summed E-state index contributed by atoms with van der Waals surface area (Å²) in [5.41, 5.74) is 0. The average molecular weight is 199 g/mol. The Kier molecular flexibility index (Phi) is 5.32. The maximum absolute atomic E-state index is 11.8. The Morgan fingerprint density at radius 1 is 1.31 bits per heavy atom. The molecule has 0 aliphatic carbocycles. The molecule has 2 nitrogen and oxygen atoms in total. The van der Waals surface area contributed by atoms with Crippen molar-refractivity contribution in [1.82, 2.24) is 5.06 Å². The maximum Gasteiger partial charge on any atom is 0.413 e. The third-order valence-corrected chi connectivity index (χ3v) is 1.79. The zero-order valence-corrected chi connectivity index (χ0v) is 8.19. The van der Waals surface area contributed by atoms with E-state index < -0.39 is 12.8 Å². The first-order chi connectivity index (χ1) is 5.90. The predicted molar refractivity (Wildman–Crippen MR) is 44.1 cm³/mol. The molecule has 0 aromatic carbocycles. The number of hydroxylamine groups is 2. The van der Waals surface area contributed by atoms with E-state index in [2.05, 4.69) is 4.84 Å². The topological polar surface area (TPSA) is 12.5 Å². The molecule has 0 saturated heterocycles. The highest BCUT2D eigenvalue weighted by molar-refractivity contribution is 4.55. The van der Waals surface area contributed by atoms with Crippen LogP contribution in [0.25, 0.3) is 0 Å². The van der Waals surface area contributed by atoms with E-state index in [4.69, 9.17) is 0 Å². The molecule has 80 valence electrons. The molecule has 0 saturated carbocycles. The zero-order valence-electron chi connectivity index (χ0n) is 8.19. The molecule has 0 rings (SSSR count). The molecule has 0 radical (unpaired) electrons. The summed E-state index contributed by atoms with van der Waals surface area (Å²) >= 11 is 0. The monoisotopic (exact) mass is 199 g/mol. The van der Waals surface area contributed by atoms with Gasteiger partial charge in [0.15, 0.2) is 6.61 Å². The van der Waals surface area contributed by atoms with Crippen LogP contribution in [-0.4, -0.2) is 30.4 Å². The molecule has 0 N–H and O–H groups in total. The van der Waals surface area contributed by atoms with Gasteiger partial charge in [-0.1, -0.05) is 13.8 Å². The Balaban J connectivity index is 3.85. The highest BCUT2D eigenvalue weighted by Crippen LogP contribution is 2.16. The number of halogens is 3. The van der Waals surface area contributed by atoms with Crippen LogP contribution in [0.4, 0.5) is 13.2 Å². The number of hydrogen-bond acceptors (Lipinski definition) is 2. The molecule has 0 aliphatic heterocycles. The molecule has 0 amide bonds. The van der Waals surface area contributed by atoms with E-state index >= 15 is 0 Å². The summed E-state index contributed by atoms with van der Waals surface area (Å²) in [4.78, 5) is 4.62. The van der Waals surface area contributed by atoms with Gasteiger partial charge in [-0.2, -0.15) is 18.2 Å². The van der Waals surface area contributed by atoms with Gasteiger partial charge >= 0.3 is 6.18 Å².